The number of benzene rings is 2. The molecule has 3 nitrogen and oxygen atoms in total. The second-order valence-corrected chi connectivity index (χ2v) is 5.90. The average Bonchev–Trinajstić information content (AvgIpc) is 2.59. The topological polar surface area (TPSA) is 53.4 Å². The van der Waals surface area contributed by atoms with Crippen LogP contribution in [0.3, 0.4) is 0 Å². The lowest BCUT2D eigenvalue weighted by Crippen LogP contribution is -2.20. The molecule has 3 aromatic rings. The third kappa shape index (κ3) is 3.86. The first kappa shape index (κ1) is 18.2. The Morgan fingerprint density at radius 3 is 2.62 bits per heavy atom. The van der Waals surface area contributed by atoms with Crippen molar-refractivity contribution in [2.45, 2.75) is 31.8 Å². The third-order valence-corrected chi connectivity index (χ3v) is 4.36. The van der Waals surface area contributed by atoms with E-state index in [2.05, 4.69) is 11.1 Å². The predicted molar refractivity (Wildman–Crippen MR) is 99.8 cm³/mol. The van der Waals surface area contributed by atoms with E-state index in [-0.39, 0.29) is 24.1 Å². The molecule has 0 saturated carbocycles. The number of nitrogens with zero attached hydrogens (tertiary/aromatic N) is 1. The van der Waals surface area contributed by atoms with Gasteiger partial charge in [-0.3, -0.25) is 4.98 Å². The minimum Gasteiger partial charge on any atom is -0.508 e. The molecule has 2 N–H and O–H groups in total. The average molecular weight is 344 g/mol. The van der Waals surface area contributed by atoms with Gasteiger partial charge >= 0.3 is 0 Å². The fourth-order valence-corrected chi connectivity index (χ4v) is 3.13. The van der Waals surface area contributed by atoms with E-state index in [4.69, 9.17) is 0 Å². The number of aliphatic hydroxyl groups excluding tert-OH is 1. The molecule has 0 aliphatic heterocycles. The quantitative estimate of drug-likeness (QED) is 0.719. The Kier molecular flexibility index (Phi) is 6.18. The number of rotatable bonds is 5. The van der Waals surface area contributed by atoms with Gasteiger partial charge < -0.3 is 10.2 Å². The van der Waals surface area contributed by atoms with Crippen LogP contribution in [-0.4, -0.2) is 21.3 Å². The molecule has 0 amide bonds. The number of phenols is 1. The van der Waals surface area contributed by atoms with Crippen molar-refractivity contribution in [1.29, 1.82) is 0 Å². The molecule has 0 radical (unpaired) electrons. The van der Waals surface area contributed by atoms with Crippen LogP contribution >= 0.6 is 12.4 Å². The van der Waals surface area contributed by atoms with E-state index in [1.807, 2.05) is 43.5 Å². The molecule has 0 aliphatic rings. The van der Waals surface area contributed by atoms with Crippen molar-refractivity contribution in [3.63, 3.8) is 0 Å². The number of pyridine rings is 1. The molecular formula is C20H22ClNO2. The van der Waals surface area contributed by atoms with Gasteiger partial charge in [-0.1, -0.05) is 37.3 Å². The van der Waals surface area contributed by atoms with Gasteiger partial charge in [-0.25, -0.2) is 0 Å². The van der Waals surface area contributed by atoms with E-state index in [1.165, 1.54) is 0 Å². The lowest BCUT2D eigenvalue weighted by Gasteiger charge is -2.24. The summed E-state index contributed by atoms with van der Waals surface area (Å²) >= 11 is 0. The molecule has 2 aromatic carbocycles. The summed E-state index contributed by atoms with van der Waals surface area (Å²) in [6, 6.07) is 15.4. The van der Waals surface area contributed by atoms with Gasteiger partial charge in [0.05, 0.1) is 6.10 Å². The molecule has 1 aromatic heterocycles. The van der Waals surface area contributed by atoms with Crippen LogP contribution in [0.5, 0.6) is 5.75 Å². The Hall–Kier alpha value is -2.10. The van der Waals surface area contributed by atoms with Gasteiger partial charge in [0.15, 0.2) is 0 Å². The first-order valence-corrected chi connectivity index (χ1v) is 7.97. The number of halogens is 1. The van der Waals surface area contributed by atoms with E-state index in [1.54, 1.807) is 18.3 Å². The Bertz CT molecular complexity index is 792. The molecule has 0 aliphatic carbocycles. The molecule has 2 atom stereocenters. The fourth-order valence-electron chi connectivity index (χ4n) is 3.13. The standard InChI is InChI=1S/C20H21NO2.ClH/c1-2-20(23)19(11-14-5-4-10-21-13-14)18-7-3-6-15-12-16(22)8-9-17(15)18;/h3-10,12-13,19-20,22-23H,2,11H2,1H3;1H. The van der Waals surface area contributed by atoms with Gasteiger partial charge in [0.2, 0.25) is 0 Å². The fraction of sp³-hybridized carbons (Fsp3) is 0.250. The lowest BCUT2D eigenvalue weighted by molar-refractivity contribution is 0.138. The zero-order valence-electron chi connectivity index (χ0n) is 13.6. The smallest absolute Gasteiger partial charge is 0.116 e. The van der Waals surface area contributed by atoms with E-state index in [0.717, 1.165) is 28.3 Å². The Labute approximate surface area is 148 Å². The summed E-state index contributed by atoms with van der Waals surface area (Å²) in [4.78, 5) is 4.18. The minimum absolute atomic E-state index is 0. The SMILES string of the molecule is CCC(O)C(Cc1cccnc1)c1cccc2cc(O)ccc12.Cl. The number of fused-ring (bicyclic) bond motifs is 1. The molecular weight excluding hydrogens is 322 g/mol. The van der Waals surface area contributed by atoms with Crippen molar-refractivity contribution in [3.05, 3.63) is 72.1 Å². The Morgan fingerprint density at radius 2 is 1.92 bits per heavy atom. The molecule has 4 heteroatoms. The maximum atomic E-state index is 10.6. The van der Waals surface area contributed by atoms with Gasteiger partial charge in [-0.15, -0.1) is 12.4 Å². The summed E-state index contributed by atoms with van der Waals surface area (Å²) in [5.41, 5.74) is 2.22. The number of phenolic OH excluding ortho intramolecular Hbond substituents is 1. The summed E-state index contributed by atoms with van der Waals surface area (Å²) in [5.74, 6) is 0.256. The first-order valence-electron chi connectivity index (χ1n) is 7.97. The summed E-state index contributed by atoms with van der Waals surface area (Å²) < 4.78 is 0. The molecule has 24 heavy (non-hydrogen) atoms. The van der Waals surface area contributed by atoms with Crippen molar-refractivity contribution in [2.75, 3.05) is 0 Å². The number of hydrogen-bond acceptors (Lipinski definition) is 3. The van der Waals surface area contributed by atoms with Crippen LogP contribution in [0.15, 0.2) is 60.9 Å². The van der Waals surface area contributed by atoms with Gasteiger partial charge in [0.1, 0.15) is 5.75 Å². The largest absolute Gasteiger partial charge is 0.508 e. The van der Waals surface area contributed by atoms with Gasteiger partial charge in [-0.2, -0.15) is 0 Å². The van der Waals surface area contributed by atoms with E-state index in [9.17, 15) is 10.2 Å². The Morgan fingerprint density at radius 1 is 1.08 bits per heavy atom. The van der Waals surface area contributed by atoms with Crippen LogP contribution in [0, 0.1) is 0 Å². The van der Waals surface area contributed by atoms with E-state index < -0.39 is 6.10 Å². The summed E-state index contributed by atoms with van der Waals surface area (Å²) in [7, 11) is 0. The number of aromatic hydroxyl groups is 1. The van der Waals surface area contributed by atoms with E-state index >= 15 is 0 Å². The molecule has 0 saturated heterocycles. The highest BCUT2D eigenvalue weighted by Gasteiger charge is 2.22. The minimum atomic E-state index is -0.422. The molecule has 0 fully saturated rings. The third-order valence-electron chi connectivity index (χ3n) is 4.36. The summed E-state index contributed by atoms with van der Waals surface area (Å²) in [5, 5.41) is 22.3. The predicted octanol–water partition coefficient (Wildman–Crippen LogP) is 4.46. The second kappa shape index (κ2) is 8.13. The van der Waals surface area contributed by atoms with Gasteiger partial charge in [-0.05, 0) is 52.9 Å². The normalized spacial score (nSPS) is 13.2. The highest BCUT2D eigenvalue weighted by molar-refractivity contribution is 5.87. The van der Waals surface area contributed by atoms with Crippen molar-refractivity contribution < 1.29 is 10.2 Å². The van der Waals surface area contributed by atoms with Crippen molar-refractivity contribution >= 4 is 23.2 Å². The number of aliphatic hydroxyl groups is 1. The lowest BCUT2D eigenvalue weighted by atomic mass is 9.84. The number of aromatic nitrogens is 1. The van der Waals surface area contributed by atoms with Crippen molar-refractivity contribution in [2.24, 2.45) is 0 Å². The maximum absolute atomic E-state index is 10.6. The van der Waals surface area contributed by atoms with Crippen LogP contribution < -0.4 is 0 Å². The van der Waals surface area contributed by atoms with Crippen LogP contribution in [0.25, 0.3) is 10.8 Å². The van der Waals surface area contributed by atoms with Crippen LogP contribution in [0.2, 0.25) is 0 Å². The monoisotopic (exact) mass is 343 g/mol. The molecule has 0 bridgehead atoms. The molecule has 2 unspecified atom stereocenters. The summed E-state index contributed by atoms with van der Waals surface area (Å²) in [6.07, 6.45) is 4.62. The van der Waals surface area contributed by atoms with Crippen LogP contribution in [0.4, 0.5) is 0 Å². The summed E-state index contributed by atoms with van der Waals surface area (Å²) in [6.45, 7) is 2.00. The number of hydrogen-bond donors (Lipinski definition) is 2. The van der Waals surface area contributed by atoms with Crippen LogP contribution in [-0.2, 0) is 6.42 Å². The van der Waals surface area contributed by atoms with Crippen LogP contribution in [0.1, 0.15) is 30.4 Å². The second-order valence-electron chi connectivity index (χ2n) is 5.90. The van der Waals surface area contributed by atoms with E-state index in [0.29, 0.717) is 6.42 Å². The zero-order valence-corrected chi connectivity index (χ0v) is 14.4. The Balaban J connectivity index is 0.00000208. The molecule has 0 spiro atoms. The molecule has 126 valence electrons. The van der Waals surface area contributed by atoms with Crippen molar-refractivity contribution in [3.8, 4) is 5.75 Å². The zero-order chi connectivity index (χ0) is 16.2. The molecule has 1 heterocycles. The highest BCUT2D eigenvalue weighted by atomic mass is 35.5. The van der Waals surface area contributed by atoms with Gasteiger partial charge in [0.25, 0.3) is 0 Å². The van der Waals surface area contributed by atoms with Gasteiger partial charge in [0, 0.05) is 18.3 Å². The maximum Gasteiger partial charge on any atom is 0.116 e. The first-order chi connectivity index (χ1) is 11.2. The molecule has 3 rings (SSSR count). The highest BCUT2D eigenvalue weighted by Crippen LogP contribution is 2.33. The van der Waals surface area contributed by atoms with Crippen molar-refractivity contribution in [1.82, 2.24) is 4.98 Å².